The summed E-state index contributed by atoms with van der Waals surface area (Å²) >= 11 is 1.42. The Balaban J connectivity index is 2.06. The molecule has 1 saturated heterocycles. The minimum atomic E-state index is -0.229. The highest BCUT2D eigenvalue weighted by molar-refractivity contribution is 8.13. The number of carbonyl (C=O) groups is 1. The van der Waals surface area contributed by atoms with Gasteiger partial charge in [-0.25, -0.2) is 0 Å². The minimum absolute atomic E-state index is 0.229. The molecule has 0 bridgehead atoms. The van der Waals surface area contributed by atoms with Crippen molar-refractivity contribution in [2.24, 2.45) is 5.92 Å². The molecule has 1 fully saturated rings. The number of piperidine rings is 1. The average Bonchev–Trinajstić information content (AvgIpc) is 2.29. The highest BCUT2D eigenvalue weighted by Crippen LogP contribution is 2.22. The van der Waals surface area contributed by atoms with Crippen LogP contribution >= 0.6 is 11.8 Å². The molecule has 1 N–H and O–H groups in total. The van der Waals surface area contributed by atoms with Gasteiger partial charge in [-0.1, -0.05) is 11.8 Å². The van der Waals surface area contributed by atoms with E-state index in [-0.39, 0.29) is 12.7 Å². The number of thioether (sulfide) groups is 1. The first-order valence-electron chi connectivity index (χ1n) is 5.78. The monoisotopic (exact) mass is 247 g/mol. The molecule has 1 aliphatic heterocycles. The van der Waals surface area contributed by atoms with Crippen LogP contribution in [0, 0.1) is 5.92 Å². The molecule has 0 unspecified atom stereocenters. The lowest BCUT2D eigenvalue weighted by Gasteiger charge is -2.27. The van der Waals surface area contributed by atoms with E-state index in [0.29, 0.717) is 11.7 Å². The molecule has 0 saturated carbocycles. The Morgan fingerprint density at radius 2 is 2.19 bits per heavy atom. The van der Waals surface area contributed by atoms with Crippen LogP contribution in [0.4, 0.5) is 0 Å². The van der Waals surface area contributed by atoms with Gasteiger partial charge in [0.05, 0.1) is 6.61 Å². The summed E-state index contributed by atoms with van der Waals surface area (Å²) in [4.78, 5) is 14.1. The third-order valence-corrected chi connectivity index (χ3v) is 3.93. The third kappa shape index (κ3) is 5.30. The predicted molar refractivity (Wildman–Crippen MR) is 65.3 cm³/mol. The van der Waals surface area contributed by atoms with Crippen LogP contribution in [0.15, 0.2) is 0 Å². The van der Waals surface area contributed by atoms with E-state index in [9.17, 15) is 4.79 Å². The molecule has 4 nitrogen and oxygen atoms in total. The molecule has 1 rings (SSSR count). The van der Waals surface area contributed by atoms with Crippen LogP contribution in [0.25, 0.3) is 0 Å². The van der Waals surface area contributed by atoms with Crippen molar-refractivity contribution in [2.75, 3.05) is 39.3 Å². The lowest BCUT2D eigenvalue weighted by atomic mass is 9.99. The standard InChI is InChI=1S/C11H21NO3S/c1-12-5-3-10(4-6-12)11(14)16-8-2-7-15-9-13/h10,13H,2-9H2,1H3. The summed E-state index contributed by atoms with van der Waals surface area (Å²) in [6.45, 7) is 2.37. The van der Waals surface area contributed by atoms with Crippen LogP contribution in [-0.4, -0.2) is 54.4 Å². The molecule has 1 aliphatic rings. The number of hydrogen-bond donors (Lipinski definition) is 1. The Morgan fingerprint density at radius 3 is 2.81 bits per heavy atom. The summed E-state index contributed by atoms with van der Waals surface area (Å²) in [5.41, 5.74) is 0. The molecule has 0 atom stereocenters. The van der Waals surface area contributed by atoms with E-state index in [1.165, 1.54) is 11.8 Å². The largest absolute Gasteiger partial charge is 0.371 e. The van der Waals surface area contributed by atoms with Gasteiger partial charge in [0.2, 0.25) is 0 Å². The molecule has 0 radical (unpaired) electrons. The molecule has 0 aliphatic carbocycles. The number of ether oxygens (including phenoxy) is 1. The highest BCUT2D eigenvalue weighted by atomic mass is 32.2. The molecule has 0 aromatic carbocycles. The van der Waals surface area contributed by atoms with Gasteiger partial charge >= 0.3 is 0 Å². The van der Waals surface area contributed by atoms with Gasteiger partial charge in [-0.15, -0.1) is 0 Å². The van der Waals surface area contributed by atoms with Crippen molar-refractivity contribution in [3.63, 3.8) is 0 Å². The average molecular weight is 247 g/mol. The van der Waals surface area contributed by atoms with Crippen molar-refractivity contribution in [2.45, 2.75) is 19.3 Å². The van der Waals surface area contributed by atoms with Crippen LogP contribution in [-0.2, 0) is 9.53 Å². The van der Waals surface area contributed by atoms with Gasteiger partial charge in [-0.05, 0) is 39.4 Å². The Bertz CT molecular complexity index is 205. The zero-order valence-corrected chi connectivity index (χ0v) is 10.7. The fraction of sp³-hybridized carbons (Fsp3) is 0.909. The molecular weight excluding hydrogens is 226 g/mol. The zero-order chi connectivity index (χ0) is 11.8. The molecular formula is C11H21NO3S. The van der Waals surface area contributed by atoms with Crippen molar-refractivity contribution in [3.8, 4) is 0 Å². The van der Waals surface area contributed by atoms with Gasteiger partial charge in [-0.3, -0.25) is 4.79 Å². The Labute approximate surface area is 101 Å². The van der Waals surface area contributed by atoms with Crippen molar-refractivity contribution < 1.29 is 14.6 Å². The molecule has 0 aromatic heterocycles. The fourth-order valence-electron chi connectivity index (χ4n) is 1.76. The van der Waals surface area contributed by atoms with Gasteiger partial charge in [0, 0.05) is 11.7 Å². The Hall–Kier alpha value is -0.100. The Morgan fingerprint density at radius 1 is 1.50 bits per heavy atom. The second-order valence-electron chi connectivity index (χ2n) is 4.14. The van der Waals surface area contributed by atoms with E-state index in [2.05, 4.69) is 11.9 Å². The van der Waals surface area contributed by atoms with Gasteiger partial charge in [-0.2, -0.15) is 0 Å². The molecule has 94 valence electrons. The highest BCUT2D eigenvalue weighted by Gasteiger charge is 2.23. The number of carbonyl (C=O) groups excluding carboxylic acids is 1. The molecule has 16 heavy (non-hydrogen) atoms. The van der Waals surface area contributed by atoms with E-state index in [4.69, 9.17) is 9.84 Å². The predicted octanol–water partition coefficient (Wildman–Crippen LogP) is 0.944. The molecule has 1 heterocycles. The lowest BCUT2D eigenvalue weighted by Crippen LogP contribution is -2.32. The summed E-state index contributed by atoms with van der Waals surface area (Å²) in [7, 11) is 2.10. The van der Waals surface area contributed by atoms with Gasteiger partial charge in [0.15, 0.2) is 5.12 Å². The van der Waals surface area contributed by atoms with Crippen molar-refractivity contribution >= 4 is 16.9 Å². The summed E-state index contributed by atoms with van der Waals surface area (Å²) in [5, 5.41) is 8.73. The maximum absolute atomic E-state index is 11.8. The van der Waals surface area contributed by atoms with E-state index >= 15 is 0 Å². The summed E-state index contributed by atoms with van der Waals surface area (Å²) in [6.07, 6.45) is 2.81. The smallest absolute Gasteiger partial charge is 0.192 e. The van der Waals surface area contributed by atoms with Crippen molar-refractivity contribution in [1.29, 1.82) is 0 Å². The summed E-state index contributed by atoms with van der Waals surface area (Å²) in [5.74, 6) is 1.05. The van der Waals surface area contributed by atoms with E-state index in [1.807, 2.05) is 0 Å². The number of hydrogen-bond acceptors (Lipinski definition) is 5. The van der Waals surface area contributed by atoms with E-state index < -0.39 is 0 Å². The molecule has 0 amide bonds. The lowest BCUT2D eigenvalue weighted by molar-refractivity contribution is -0.115. The van der Waals surface area contributed by atoms with Crippen LogP contribution in [0.1, 0.15) is 19.3 Å². The first-order chi connectivity index (χ1) is 7.74. The zero-order valence-electron chi connectivity index (χ0n) is 9.85. The maximum Gasteiger partial charge on any atom is 0.192 e. The van der Waals surface area contributed by atoms with Gasteiger partial charge in [0.25, 0.3) is 0 Å². The Kier molecular flexibility index (Phi) is 7.03. The van der Waals surface area contributed by atoms with Crippen LogP contribution < -0.4 is 0 Å². The molecule has 5 heteroatoms. The second kappa shape index (κ2) is 8.06. The van der Waals surface area contributed by atoms with Crippen LogP contribution in [0.5, 0.6) is 0 Å². The van der Waals surface area contributed by atoms with E-state index in [1.54, 1.807) is 0 Å². The quantitative estimate of drug-likeness (QED) is 0.559. The normalized spacial score (nSPS) is 18.9. The molecule has 0 spiro atoms. The fourth-order valence-corrected chi connectivity index (χ4v) is 2.70. The second-order valence-corrected chi connectivity index (χ2v) is 5.24. The topological polar surface area (TPSA) is 49.8 Å². The SMILES string of the molecule is CN1CCC(C(=O)SCCCOCO)CC1. The van der Waals surface area contributed by atoms with Crippen LogP contribution in [0.3, 0.4) is 0 Å². The first-order valence-corrected chi connectivity index (χ1v) is 6.76. The number of likely N-dealkylation sites (tertiary alicyclic amines) is 1. The number of aliphatic hydroxyl groups is 1. The number of aliphatic hydroxyl groups excluding tert-OH is 1. The van der Waals surface area contributed by atoms with Crippen LogP contribution in [0.2, 0.25) is 0 Å². The van der Waals surface area contributed by atoms with Crippen molar-refractivity contribution in [3.05, 3.63) is 0 Å². The van der Waals surface area contributed by atoms with Crippen molar-refractivity contribution in [1.82, 2.24) is 4.90 Å². The first kappa shape index (κ1) is 14.0. The number of nitrogens with zero attached hydrogens (tertiary/aromatic N) is 1. The third-order valence-electron chi connectivity index (χ3n) is 2.82. The minimum Gasteiger partial charge on any atom is -0.371 e. The summed E-state index contributed by atoms with van der Waals surface area (Å²) < 4.78 is 4.80. The van der Waals surface area contributed by atoms with Gasteiger partial charge in [0.1, 0.15) is 6.79 Å². The van der Waals surface area contributed by atoms with Gasteiger partial charge < -0.3 is 14.7 Å². The number of rotatable bonds is 6. The summed E-state index contributed by atoms with van der Waals surface area (Å²) in [6, 6.07) is 0. The maximum atomic E-state index is 11.8. The molecule has 0 aromatic rings. The van der Waals surface area contributed by atoms with E-state index in [0.717, 1.165) is 38.1 Å².